The number of fused-ring (bicyclic) bond motifs is 2. The van der Waals surface area contributed by atoms with Gasteiger partial charge in [-0.1, -0.05) is 72.7 Å². The molecule has 262 valence electrons. The zero-order chi connectivity index (χ0) is 35.3. The smallest absolute Gasteiger partial charge is 0.351 e. The molecular formula is C40H43N7O4. The monoisotopic (exact) mass is 685 g/mol. The molecule has 51 heavy (non-hydrogen) atoms. The Morgan fingerprint density at radius 2 is 1.78 bits per heavy atom. The van der Waals surface area contributed by atoms with Crippen LogP contribution in [-0.4, -0.2) is 40.7 Å². The Bertz CT molecular complexity index is 2130. The summed E-state index contributed by atoms with van der Waals surface area (Å²) >= 11 is 0. The SMILES string of the molecule is CCC(CC(C)c1ccc(CN=[N+]=[N-])cc1)c1ccc(Cn2nncc2CCOC(=O)c2cc3cc4c5c(c3oc2=O)CCCN5CCC4)cc1. The number of benzene rings is 3. The predicted octanol–water partition coefficient (Wildman–Crippen LogP) is 8.03. The number of rotatable bonds is 13. The summed E-state index contributed by atoms with van der Waals surface area (Å²) < 4.78 is 13.2. The van der Waals surface area contributed by atoms with E-state index < -0.39 is 11.6 Å². The van der Waals surface area contributed by atoms with Crippen LogP contribution in [0.1, 0.15) is 101 Å². The van der Waals surface area contributed by atoms with E-state index >= 15 is 0 Å². The summed E-state index contributed by atoms with van der Waals surface area (Å²) in [6, 6.07) is 20.7. The Hall–Kier alpha value is -5.41. The largest absolute Gasteiger partial charge is 0.461 e. The first-order valence-electron chi connectivity index (χ1n) is 18.0. The number of hydrogen-bond acceptors (Lipinski definition) is 8. The molecule has 7 rings (SSSR count). The Morgan fingerprint density at radius 3 is 2.55 bits per heavy atom. The van der Waals surface area contributed by atoms with Crippen molar-refractivity contribution >= 4 is 22.6 Å². The van der Waals surface area contributed by atoms with E-state index in [1.807, 2.05) is 16.8 Å². The van der Waals surface area contributed by atoms with Crippen molar-refractivity contribution in [1.29, 1.82) is 0 Å². The van der Waals surface area contributed by atoms with Gasteiger partial charge in [0.25, 0.3) is 0 Å². The molecule has 11 heteroatoms. The second-order valence-corrected chi connectivity index (χ2v) is 13.8. The fourth-order valence-corrected chi connectivity index (χ4v) is 7.75. The van der Waals surface area contributed by atoms with Gasteiger partial charge < -0.3 is 14.1 Å². The molecule has 0 aliphatic carbocycles. The Balaban J connectivity index is 0.954. The Morgan fingerprint density at radius 1 is 1.04 bits per heavy atom. The van der Waals surface area contributed by atoms with Crippen molar-refractivity contribution in [3.63, 3.8) is 0 Å². The van der Waals surface area contributed by atoms with Crippen LogP contribution in [0.2, 0.25) is 0 Å². The van der Waals surface area contributed by atoms with Gasteiger partial charge in [0.1, 0.15) is 11.1 Å². The van der Waals surface area contributed by atoms with Crippen molar-refractivity contribution in [3.8, 4) is 0 Å². The van der Waals surface area contributed by atoms with Gasteiger partial charge in [0.05, 0.1) is 31.6 Å². The zero-order valence-electron chi connectivity index (χ0n) is 29.3. The maximum atomic E-state index is 13.1. The topological polar surface area (TPSA) is 139 Å². The molecule has 0 saturated heterocycles. The normalized spacial score (nSPS) is 14.8. The molecule has 0 bridgehead atoms. The standard InChI is InChI=1S/C40H43N7O4/c1-3-29(20-26(2)30-12-8-27(9-13-30)23-42-44-41)31-14-10-28(11-15-31)25-47-34(24-43-45-47)16-19-50-39(48)36-22-33-21-32-6-4-17-46-18-5-7-35(37(32)46)38(33)51-40(36)49/h8-15,21-22,24,26,29H,3-7,16-20,23,25H2,1-2H3. The molecule has 5 aromatic rings. The summed E-state index contributed by atoms with van der Waals surface area (Å²) in [6.45, 7) is 7.53. The number of carbonyl (C=O) groups excluding carboxylic acids is 1. The van der Waals surface area contributed by atoms with E-state index in [9.17, 15) is 9.59 Å². The van der Waals surface area contributed by atoms with Crippen molar-refractivity contribution in [1.82, 2.24) is 15.0 Å². The van der Waals surface area contributed by atoms with Crippen LogP contribution in [0.3, 0.4) is 0 Å². The van der Waals surface area contributed by atoms with Crippen molar-refractivity contribution in [2.24, 2.45) is 5.11 Å². The molecular weight excluding hydrogens is 642 g/mol. The van der Waals surface area contributed by atoms with E-state index in [0.29, 0.717) is 36.9 Å². The molecule has 2 aliphatic rings. The Labute approximate surface area is 296 Å². The molecule has 2 unspecified atom stereocenters. The molecule has 2 aliphatic heterocycles. The molecule has 4 heterocycles. The van der Waals surface area contributed by atoms with E-state index in [4.69, 9.17) is 14.7 Å². The first-order chi connectivity index (χ1) is 24.9. The summed E-state index contributed by atoms with van der Waals surface area (Å²) in [5.41, 5.74) is 17.5. The summed E-state index contributed by atoms with van der Waals surface area (Å²) in [7, 11) is 0. The van der Waals surface area contributed by atoms with Crippen LogP contribution < -0.4 is 10.5 Å². The third kappa shape index (κ3) is 7.39. The highest BCUT2D eigenvalue weighted by Crippen LogP contribution is 2.40. The summed E-state index contributed by atoms with van der Waals surface area (Å²) in [6.07, 6.45) is 8.12. The van der Waals surface area contributed by atoms with Gasteiger partial charge in [-0.2, -0.15) is 0 Å². The fourth-order valence-electron chi connectivity index (χ4n) is 7.75. The minimum atomic E-state index is -0.685. The molecule has 2 atom stereocenters. The van der Waals surface area contributed by atoms with E-state index in [2.05, 4.69) is 81.5 Å². The number of esters is 1. The number of hydrogen-bond donors (Lipinski definition) is 0. The summed E-state index contributed by atoms with van der Waals surface area (Å²) in [5, 5.41) is 12.8. The van der Waals surface area contributed by atoms with Crippen LogP contribution in [-0.2, 0) is 37.1 Å². The van der Waals surface area contributed by atoms with Crippen LogP contribution in [0.5, 0.6) is 0 Å². The number of ether oxygens (including phenoxy) is 1. The van der Waals surface area contributed by atoms with Crippen LogP contribution >= 0.6 is 0 Å². The number of anilines is 1. The van der Waals surface area contributed by atoms with E-state index in [-0.39, 0.29) is 12.2 Å². The molecule has 3 aromatic carbocycles. The lowest BCUT2D eigenvalue weighted by molar-refractivity contribution is 0.0502. The number of carbonyl (C=O) groups is 1. The highest BCUT2D eigenvalue weighted by Gasteiger charge is 2.28. The van der Waals surface area contributed by atoms with Gasteiger partial charge in [-0.25, -0.2) is 14.3 Å². The molecule has 2 aromatic heterocycles. The number of nitrogens with zero attached hydrogens (tertiary/aromatic N) is 7. The maximum absolute atomic E-state index is 13.1. The van der Waals surface area contributed by atoms with Crippen LogP contribution in [0.4, 0.5) is 5.69 Å². The second kappa shape index (κ2) is 15.2. The van der Waals surface area contributed by atoms with Crippen LogP contribution in [0.15, 0.2) is 81.2 Å². The van der Waals surface area contributed by atoms with Gasteiger partial charge in [-0.05, 0) is 95.8 Å². The van der Waals surface area contributed by atoms with E-state index in [0.717, 1.165) is 79.4 Å². The van der Waals surface area contributed by atoms with Gasteiger partial charge in [0, 0.05) is 41.1 Å². The third-order valence-corrected chi connectivity index (χ3v) is 10.5. The van der Waals surface area contributed by atoms with Crippen molar-refractivity contribution in [2.75, 3.05) is 24.6 Å². The van der Waals surface area contributed by atoms with Gasteiger partial charge in [-0.3, -0.25) is 0 Å². The quantitative estimate of drug-likeness (QED) is 0.0402. The maximum Gasteiger partial charge on any atom is 0.351 e. The number of aryl methyl sites for hydroxylation is 2. The lowest BCUT2D eigenvalue weighted by Gasteiger charge is -2.37. The van der Waals surface area contributed by atoms with Crippen molar-refractivity contribution in [3.05, 3.63) is 132 Å². The highest BCUT2D eigenvalue weighted by atomic mass is 16.5. The summed E-state index contributed by atoms with van der Waals surface area (Å²) in [4.78, 5) is 31.3. The minimum absolute atomic E-state index is 0.0789. The molecule has 0 spiro atoms. The lowest BCUT2D eigenvalue weighted by Crippen LogP contribution is -2.34. The molecule has 0 N–H and O–H groups in total. The third-order valence-electron chi connectivity index (χ3n) is 10.5. The first kappa shape index (κ1) is 34.1. The van der Waals surface area contributed by atoms with E-state index in [1.54, 1.807) is 12.3 Å². The molecule has 0 saturated carbocycles. The average molecular weight is 686 g/mol. The van der Waals surface area contributed by atoms with E-state index in [1.165, 1.54) is 22.4 Å². The predicted molar refractivity (Wildman–Crippen MR) is 196 cm³/mol. The van der Waals surface area contributed by atoms with Crippen molar-refractivity contribution in [2.45, 2.75) is 83.7 Å². The second-order valence-electron chi connectivity index (χ2n) is 13.8. The van der Waals surface area contributed by atoms with Gasteiger partial charge >= 0.3 is 11.6 Å². The van der Waals surface area contributed by atoms with Gasteiger partial charge in [0.15, 0.2) is 0 Å². The number of azide groups is 1. The first-order valence-corrected chi connectivity index (χ1v) is 18.0. The van der Waals surface area contributed by atoms with Gasteiger partial charge in [0.2, 0.25) is 0 Å². The van der Waals surface area contributed by atoms with Crippen LogP contribution in [0.25, 0.3) is 21.4 Å². The van der Waals surface area contributed by atoms with Crippen molar-refractivity contribution < 1.29 is 13.9 Å². The number of aromatic nitrogens is 3. The lowest BCUT2D eigenvalue weighted by atomic mass is 9.84. The van der Waals surface area contributed by atoms with Crippen LogP contribution in [0, 0.1) is 0 Å². The summed E-state index contributed by atoms with van der Waals surface area (Å²) in [5.74, 6) is 0.118. The minimum Gasteiger partial charge on any atom is -0.461 e. The molecule has 0 amide bonds. The zero-order valence-corrected chi connectivity index (χ0v) is 29.3. The highest BCUT2D eigenvalue weighted by molar-refractivity contribution is 5.95. The molecule has 11 nitrogen and oxygen atoms in total. The average Bonchev–Trinajstić information content (AvgIpc) is 3.60. The molecule has 0 radical (unpaired) electrons. The molecule has 0 fully saturated rings. The van der Waals surface area contributed by atoms with Gasteiger partial charge in [-0.15, -0.1) is 5.10 Å². The fraction of sp³-hybridized carbons (Fsp3) is 0.400. The Kier molecular flexibility index (Phi) is 10.2.